The molecule has 0 amide bonds. The molecule has 6 rings (SSSR count). The third-order valence-electron chi connectivity index (χ3n) is 5.90. The quantitative estimate of drug-likeness (QED) is 0.430. The van der Waals surface area contributed by atoms with Crippen LogP contribution in [0.1, 0.15) is 36.8 Å². The van der Waals surface area contributed by atoms with E-state index >= 15 is 0 Å². The number of thioether (sulfide) groups is 1. The van der Waals surface area contributed by atoms with E-state index in [1.165, 1.54) is 10.4 Å². The zero-order valence-corrected chi connectivity index (χ0v) is 18.2. The maximum absolute atomic E-state index is 5.15. The fourth-order valence-electron chi connectivity index (χ4n) is 4.44. The molecule has 0 aliphatic carbocycles. The Morgan fingerprint density at radius 3 is 2.80 bits per heavy atom. The first-order valence-electron chi connectivity index (χ1n) is 10.3. The molecule has 1 fully saturated rings. The van der Waals surface area contributed by atoms with Gasteiger partial charge in [-0.15, -0.1) is 0 Å². The lowest BCUT2D eigenvalue weighted by Crippen LogP contribution is -2.36. The highest BCUT2D eigenvalue weighted by Crippen LogP contribution is 2.49. The Morgan fingerprint density at radius 2 is 1.97 bits per heavy atom. The van der Waals surface area contributed by atoms with Gasteiger partial charge in [0.1, 0.15) is 12.1 Å². The highest BCUT2D eigenvalue weighted by molar-refractivity contribution is 8.14. The number of benzene rings is 1. The van der Waals surface area contributed by atoms with Crippen LogP contribution in [-0.4, -0.2) is 36.4 Å². The van der Waals surface area contributed by atoms with Crippen LogP contribution in [0.3, 0.4) is 0 Å². The fourth-order valence-corrected chi connectivity index (χ4v) is 6.75. The summed E-state index contributed by atoms with van der Waals surface area (Å²) in [7, 11) is 0. The SMILES string of the molecule is CC[C@@H]1CSC2=N[C@@H](c3ccccn3)[C@H](c3cccn3-c3nc4ccccc4s3)N21. The van der Waals surface area contributed by atoms with Gasteiger partial charge in [-0.3, -0.25) is 14.5 Å². The Morgan fingerprint density at radius 1 is 1.07 bits per heavy atom. The van der Waals surface area contributed by atoms with Crippen LogP contribution >= 0.6 is 23.1 Å². The smallest absolute Gasteiger partial charge is 0.194 e. The molecule has 7 heteroatoms. The van der Waals surface area contributed by atoms with Gasteiger partial charge in [-0.05, 0) is 42.8 Å². The topological polar surface area (TPSA) is 46.3 Å². The molecule has 0 unspecified atom stereocenters. The zero-order valence-electron chi connectivity index (χ0n) is 16.5. The van der Waals surface area contributed by atoms with Crippen LogP contribution in [0.25, 0.3) is 15.3 Å². The molecule has 30 heavy (non-hydrogen) atoms. The molecule has 2 aliphatic rings. The number of para-hydroxylation sites is 1. The molecule has 5 heterocycles. The monoisotopic (exact) mass is 431 g/mol. The van der Waals surface area contributed by atoms with E-state index in [0.29, 0.717) is 6.04 Å². The summed E-state index contributed by atoms with van der Waals surface area (Å²) in [5.41, 5.74) is 3.30. The van der Waals surface area contributed by atoms with E-state index < -0.39 is 0 Å². The minimum atomic E-state index is -0.00826. The van der Waals surface area contributed by atoms with Gasteiger partial charge in [-0.2, -0.15) is 0 Å². The van der Waals surface area contributed by atoms with Gasteiger partial charge < -0.3 is 4.90 Å². The van der Waals surface area contributed by atoms with Crippen molar-refractivity contribution in [2.45, 2.75) is 31.5 Å². The summed E-state index contributed by atoms with van der Waals surface area (Å²) < 4.78 is 3.46. The van der Waals surface area contributed by atoms with Gasteiger partial charge in [0.15, 0.2) is 10.3 Å². The lowest BCUT2D eigenvalue weighted by atomic mass is 9.99. The predicted octanol–water partition coefficient (Wildman–Crippen LogP) is 5.46. The number of aliphatic imine (C=N–C) groups is 1. The Hall–Kier alpha value is -2.64. The predicted molar refractivity (Wildman–Crippen MR) is 124 cm³/mol. The normalized spacial score (nSPS) is 23.2. The van der Waals surface area contributed by atoms with Crippen LogP contribution in [0.15, 0.2) is 72.0 Å². The van der Waals surface area contributed by atoms with Crippen molar-refractivity contribution >= 4 is 38.5 Å². The molecular weight excluding hydrogens is 410 g/mol. The van der Waals surface area contributed by atoms with Crippen LogP contribution in [0.2, 0.25) is 0 Å². The second-order valence-electron chi connectivity index (χ2n) is 7.60. The van der Waals surface area contributed by atoms with Crippen LogP contribution in [0.5, 0.6) is 0 Å². The lowest BCUT2D eigenvalue weighted by Gasteiger charge is -2.32. The number of nitrogens with zero attached hydrogens (tertiary/aromatic N) is 5. The summed E-state index contributed by atoms with van der Waals surface area (Å²) in [6.45, 7) is 2.27. The van der Waals surface area contributed by atoms with Crippen molar-refractivity contribution in [3.05, 3.63) is 78.4 Å². The van der Waals surface area contributed by atoms with E-state index in [1.807, 2.05) is 30.1 Å². The molecule has 150 valence electrons. The van der Waals surface area contributed by atoms with Gasteiger partial charge in [0.2, 0.25) is 0 Å². The van der Waals surface area contributed by atoms with E-state index in [9.17, 15) is 0 Å². The molecule has 1 saturated heterocycles. The van der Waals surface area contributed by atoms with Crippen molar-refractivity contribution in [1.82, 2.24) is 19.4 Å². The van der Waals surface area contributed by atoms with Crippen molar-refractivity contribution in [2.75, 3.05) is 5.75 Å². The van der Waals surface area contributed by atoms with Crippen molar-refractivity contribution in [1.29, 1.82) is 0 Å². The van der Waals surface area contributed by atoms with E-state index in [2.05, 4.69) is 70.0 Å². The molecule has 0 radical (unpaired) electrons. The molecule has 0 spiro atoms. The summed E-state index contributed by atoms with van der Waals surface area (Å²) in [5, 5.41) is 2.16. The summed E-state index contributed by atoms with van der Waals surface area (Å²) in [5.74, 6) is 1.10. The number of hydrogen-bond acceptors (Lipinski definition) is 6. The standard InChI is InChI=1S/C23H21N5S2/c1-2-15-14-29-23-26-20(17-9-5-6-12-24-17)21(28(15)23)18-10-7-13-27(18)22-25-16-8-3-4-11-19(16)30-22/h3-13,15,20-21H,2,14H2,1H3/t15-,20+,21+/m1/s1. The molecule has 3 atom stereocenters. The highest BCUT2D eigenvalue weighted by Gasteiger charge is 2.46. The highest BCUT2D eigenvalue weighted by atomic mass is 32.2. The number of rotatable bonds is 4. The third-order valence-corrected chi connectivity index (χ3v) is 8.06. The molecule has 0 saturated carbocycles. The Kier molecular flexibility index (Phi) is 4.39. The average Bonchev–Trinajstić information content (AvgIpc) is 3.55. The second kappa shape index (κ2) is 7.25. The van der Waals surface area contributed by atoms with Crippen LogP contribution in [0, 0.1) is 0 Å². The largest absolute Gasteiger partial charge is 0.337 e. The Labute approximate surface area is 183 Å². The van der Waals surface area contributed by atoms with Crippen LogP contribution in [0.4, 0.5) is 0 Å². The van der Waals surface area contributed by atoms with E-state index in [4.69, 9.17) is 9.98 Å². The van der Waals surface area contributed by atoms with E-state index in [0.717, 1.165) is 33.7 Å². The van der Waals surface area contributed by atoms with Gasteiger partial charge in [0, 0.05) is 24.2 Å². The zero-order chi connectivity index (χ0) is 20.1. The van der Waals surface area contributed by atoms with E-state index in [1.54, 1.807) is 11.3 Å². The van der Waals surface area contributed by atoms with Crippen molar-refractivity contribution in [3.8, 4) is 5.13 Å². The number of hydrogen-bond donors (Lipinski definition) is 0. The first-order valence-corrected chi connectivity index (χ1v) is 12.1. The van der Waals surface area contributed by atoms with Gasteiger partial charge in [-0.25, -0.2) is 4.98 Å². The number of aromatic nitrogens is 3. The Bertz CT molecular complexity index is 1200. The summed E-state index contributed by atoms with van der Waals surface area (Å²) >= 11 is 3.61. The van der Waals surface area contributed by atoms with Gasteiger partial charge >= 0.3 is 0 Å². The van der Waals surface area contributed by atoms with Gasteiger partial charge in [0.05, 0.1) is 21.6 Å². The molecule has 4 aromatic rings. The van der Waals surface area contributed by atoms with Crippen molar-refractivity contribution < 1.29 is 0 Å². The third kappa shape index (κ3) is 2.80. The number of fused-ring (bicyclic) bond motifs is 2. The van der Waals surface area contributed by atoms with Crippen molar-refractivity contribution in [3.63, 3.8) is 0 Å². The van der Waals surface area contributed by atoms with Crippen LogP contribution in [-0.2, 0) is 0 Å². The molecular formula is C23H21N5S2. The summed E-state index contributed by atoms with van der Waals surface area (Å²) in [6, 6.07) is 19.4. The first-order chi connectivity index (χ1) is 14.8. The molecule has 2 aliphatic heterocycles. The molecule has 0 bridgehead atoms. The average molecular weight is 432 g/mol. The van der Waals surface area contributed by atoms with E-state index in [-0.39, 0.29) is 12.1 Å². The molecule has 5 nitrogen and oxygen atoms in total. The maximum atomic E-state index is 5.15. The molecule has 1 aromatic carbocycles. The minimum Gasteiger partial charge on any atom is -0.337 e. The number of thiazole rings is 1. The van der Waals surface area contributed by atoms with Gasteiger partial charge in [-0.1, -0.05) is 48.2 Å². The number of amidine groups is 1. The summed E-state index contributed by atoms with van der Waals surface area (Å²) in [6.07, 6.45) is 5.11. The second-order valence-corrected chi connectivity index (χ2v) is 9.60. The number of pyridine rings is 1. The molecule has 0 N–H and O–H groups in total. The minimum absolute atomic E-state index is 0.00826. The van der Waals surface area contributed by atoms with Crippen LogP contribution < -0.4 is 0 Å². The lowest BCUT2D eigenvalue weighted by molar-refractivity contribution is 0.249. The molecule has 3 aromatic heterocycles. The van der Waals surface area contributed by atoms with Gasteiger partial charge in [0.25, 0.3) is 0 Å². The first kappa shape index (κ1) is 18.2. The summed E-state index contributed by atoms with van der Waals surface area (Å²) in [4.78, 5) is 17.3. The fraction of sp³-hybridized carbons (Fsp3) is 0.261. The maximum Gasteiger partial charge on any atom is 0.194 e. The van der Waals surface area contributed by atoms with Crippen molar-refractivity contribution in [2.24, 2.45) is 4.99 Å². The Balaban J connectivity index is 1.49.